The van der Waals surface area contributed by atoms with Gasteiger partial charge >= 0.3 is 5.97 Å². The third kappa shape index (κ3) is 5.31. The van der Waals surface area contributed by atoms with Crippen molar-refractivity contribution in [2.75, 3.05) is 18.5 Å². The first-order valence-corrected chi connectivity index (χ1v) is 9.97. The van der Waals surface area contributed by atoms with Crippen molar-refractivity contribution < 1.29 is 28.3 Å². The van der Waals surface area contributed by atoms with E-state index in [1.54, 1.807) is 24.3 Å². The summed E-state index contributed by atoms with van der Waals surface area (Å²) in [6.07, 6.45) is 0. The number of carbonyl (C=O) groups excluding carboxylic acids is 3. The summed E-state index contributed by atoms with van der Waals surface area (Å²) in [5.41, 5.74) is 2.75. The minimum Gasteiger partial charge on any atom is -0.482 e. The monoisotopic (exact) mass is 423 g/mol. The Hall–Kier alpha value is -3.61. The molecular weight excluding hydrogens is 398 g/mol. The molecule has 0 aliphatic heterocycles. The van der Waals surface area contributed by atoms with Crippen molar-refractivity contribution in [1.29, 1.82) is 0 Å². The van der Waals surface area contributed by atoms with Crippen LogP contribution in [-0.2, 0) is 14.3 Å². The van der Waals surface area contributed by atoms with E-state index >= 15 is 0 Å². The quantitative estimate of drug-likeness (QED) is 0.419. The molecule has 3 aromatic rings. The van der Waals surface area contributed by atoms with Crippen LogP contribution in [-0.4, -0.2) is 30.9 Å². The molecule has 0 aliphatic rings. The average Bonchev–Trinajstić information content (AvgIpc) is 3.09. The van der Waals surface area contributed by atoms with E-state index in [0.717, 1.165) is 11.1 Å². The zero-order valence-corrected chi connectivity index (χ0v) is 18.0. The molecule has 1 amide bonds. The van der Waals surface area contributed by atoms with Crippen LogP contribution < -0.4 is 10.1 Å². The second kappa shape index (κ2) is 9.47. The van der Waals surface area contributed by atoms with Gasteiger partial charge in [0.15, 0.2) is 24.8 Å². The number of Topliss-reactive ketones (excluding diaryl/α,β-unsaturated/α-hetero) is 1. The number of ketones is 1. The van der Waals surface area contributed by atoms with Gasteiger partial charge in [0.2, 0.25) is 0 Å². The van der Waals surface area contributed by atoms with E-state index in [1.807, 2.05) is 39.0 Å². The molecule has 0 saturated heterocycles. The first-order chi connectivity index (χ1) is 14.8. The summed E-state index contributed by atoms with van der Waals surface area (Å²) < 4.78 is 16.2. The van der Waals surface area contributed by atoms with E-state index < -0.39 is 18.5 Å². The van der Waals surface area contributed by atoms with Gasteiger partial charge in [0.1, 0.15) is 11.3 Å². The summed E-state index contributed by atoms with van der Waals surface area (Å²) in [6.45, 7) is 6.54. The van der Waals surface area contributed by atoms with Crippen LogP contribution in [0, 0.1) is 6.92 Å². The number of esters is 1. The van der Waals surface area contributed by atoms with Crippen molar-refractivity contribution in [2.45, 2.75) is 33.6 Å². The Balaban J connectivity index is 1.59. The first kappa shape index (κ1) is 22.1. The van der Waals surface area contributed by atoms with Crippen LogP contribution in [0.3, 0.4) is 0 Å². The molecule has 7 heteroatoms. The van der Waals surface area contributed by atoms with Crippen LogP contribution in [0.2, 0.25) is 0 Å². The molecule has 0 atom stereocenters. The molecule has 0 aliphatic carbocycles. The number of carbonyl (C=O) groups is 3. The maximum Gasteiger partial charge on any atom is 0.344 e. The summed E-state index contributed by atoms with van der Waals surface area (Å²) in [6, 6.07) is 12.8. The number of para-hydroxylation sites is 1. The molecule has 0 spiro atoms. The molecule has 0 saturated carbocycles. The van der Waals surface area contributed by atoms with E-state index in [1.165, 1.54) is 6.92 Å². The van der Waals surface area contributed by atoms with Gasteiger partial charge in [-0.15, -0.1) is 0 Å². The van der Waals surface area contributed by atoms with Gasteiger partial charge in [-0.25, -0.2) is 4.79 Å². The number of anilines is 1. The number of rotatable bonds is 8. The smallest absolute Gasteiger partial charge is 0.344 e. The molecule has 31 heavy (non-hydrogen) atoms. The summed E-state index contributed by atoms with van der Waals surface area (Å²) in [5.74, 6) is -0.679. The lowest BCUT2D eigenvalue weighted by atomic mass is 10.0. The molecule has 3 rings (SSSR count). The molecule has 1 heterocycles. The number of fused-ring (bicyclic) bond motifs is 1. The number of furan rings is 1. The first-order valence-electron chi connectivity index (χ1n) is 9.97. The number of ether oxygens (including phenoxy) is 2. The van der Waals surface area contributed by atoms with Gasteiger partial charge in [-0.2, -0.15) is 0 Å². The Morgan fingerprint density at radius 2 is 1.81 bits per heavy atom. The van der Waals surface area contributed by atoms with Crippen LogP contribution in [0.4, 0.5) is 5.69 Å². The maximum atomic E-state index is 12.3. The van der Waals surface area contributed by atoms with E-state index in [-0.39, 0.29) is 29.8 Å². The van der Waals surface area contributed by atoms with Crippen LogP contribution >= 0.6 is 0 Å². The minimum atomic E-state index is -0.671. The highest BCUT2D eigenvalue weighted by Gasteiger charge is 2.20. The fraction of sp³-hybridized carbons (Fsp3) is 0.292. The molecule has 2 aromatic carbocycles. The SMILES string of the molecule is CC(=O)c1oc2ccccc2c1NC(=O)COC(=O)COc1cc(C)ccc1C(C)C. The van der Waals surface area contributed by atoms with Crippen molar-refractivity contribution in [3.05, 3.63) is 59.4 Å². The van der Waals surface area contributed by atoms with Gasteiger partial charge in [0.25, 0.3) is 5.91 Å². The lowest BCUT2D eigenvalue weighted by Gasteiger charge is -2.14. The number of benzene rings is 2. The van der Waals surface area contributed by atoms with Crippen LogP contribution in [0.1, 0.15) is 48.4 Å². The van der Waals surface area contributed by atoms with Crippen LogP contribution in [0.25, 0.3) is 11.0 Å². The van der Waals surface area contributed by atoms with Gasteiger partial charge in [-0.3, -0.25) is 9.59 Å². The molecule has 1 N–H and O–H groups in total. The van der Waals surface area contributed by atoms with Crippen molar-refractivity contribution in [2.24, 2.45) is 0 Å². The van der Waals surface area contributed by atoms with Gasteiger partial charge < -0.3 is 19.2 Å². The molecule has 0 fully saturated rings. The van der Waals surface area contributed by atoms with Crippen molar-refractivity contribution in [3.63, 3.8) is 0 Å². The fourth-order valence-electron chi connectivity index (χ4n) is 3.16. The molecule has 1 aromatic heterocycles. The Morgan fingerprint density at radius 1 is 1.06 bits per heavy atom. The Morgan fingerprint density at radius 3 is 2.52 bits per heavy atom. The second-order valence-corrected chi connectivity index (χ2v) is 7.55. The van der Waals surface area contributed by atoms with Crippen LogP contribution in [0.15, 0.2) is 46.9 Å². The van der Waals surface area contributed by atoms with Gasteiger partial charge in [0, 0.05) is 12.3 Å². The summed E-state index contributed by atoms with van der Waals surface area (Å²) in [4.78, 5) is 36.2. The average molecular weight is 423 g/mol. The Kier molecular flexibility index (Phi) is 6.74. The number of amides is 1. The highest BCUT2D eigenvalue weighted by Crippen LogP contribution is 2.31. The molecule has 162 valence electrons. The number of nitrogens with one attached hydrogen (secondary N) is 1. The van der Waals surface area contributed by atoms with Gasteiger partial charge in [-0.05, 0) is 42.2 Å². The zero-order valence-electron chi connectivity index (χ0n) is 18.0. The summed E-state index contributed by atoms with van der Waals surface area (Å²) in [7, 11) is 0. The van der Waals surface area contributed by atoms with Crippen molar-refractivity contribution >= 4 is 34.3 Å². The zero-order chi connectivity index (χ0) is 22.5. The largest absolute Gasteiger partial charge is 0.482 e. The number of hydrogen-bond donors (Lipinski definition) is 1. The molecule has 0 unspecified atom stereocenters. The van der Waals surface area contributed by atoms with E-state index in [0.29, 0.717) is 16.7 Å². The fourth-order valence-corrected chi connectivity index (χ4v) is 3.16. The maximum absolute atomic E-state index is 12.3. The number of aryl methyl sites for hydroxylation is 1. The molecule has 0 bridgehead atoms. The second-order valence-electron chi connectivity index (χ2n) is 7.55. The summed E-state index contributed by atoms with van der Waals surface area (Å²) >= 11 is 0. The highest BCUT2D eigenvalue weighted by molar-refractivity contribution is 6.11. The molecule has 0 radical (unpaired) electrons. The van der Waals surface area contributed by atoms with E-state index in [2.05, 4.69) is 5.32 Å². The van der Waals surface area contributed by atoms with E-state index in [4.69, 9.17) is 13.9 Å². The third-order valence-corrected chi connectivity index (χ3v) is 4.68. The van der Waals surface area contributed by atoms with Crippen LogP contribution in [0.5, 0.6) is 5.75 Å². The predicted octanol–water partition coefficient (Wildman–Crippen LogP) is 4.63. The lowest BCUT2D eigenvalue weighted by molar-refractivity contribution is -0.149. The number of hydrogen-bond acceptors (Lipinski definition) is 6. The van der Waals surface area contributed by atoms with Gasteiger partial charge in [-0.1, -0.05) is 38.1 Å². The van der Waals surface area contributed by atoms with Gasteiger partial charge in [0.05, 0.1) is 5.69 Å². The van der Waals surface area contributed by atoms with Crippen molar-refractivity contribution in [3.8, 4) is 5.75 Å². The minimum absolute atomic E-state index is 0.0462. The van der Waals surface area contributed by atoms with Crippen molar-refractivity contribution in [1.82, 2.24) is 0 Å². The normalized spacial score (nSPS) is 10.9. The molecular formula is C24H25NO6. The highest BCUT2D eigenvalue weighted by atomic mass is 16.6. The Labute approximate surface area is 180 Å². The standard InChI is InChI=1S/C24H25NO6/c1-14(2)17-10-9-15(3)11-20(17)29-13-22(28)30-12-21(27)25-23-18-7-5-6-8-19(18)31-24(23)16(4)26/h5-11,14H,12-13H2,1-4H3,(H,25,27). The summed E-state index contributed by atoms with van der Waals surface area (Å²) in [5, 5.41) is 3.20. The topological polar surface area (TPSA) is 94.8 Å². The Bertz CT molecular complexity index is 1130. The lowest BCUT2D eigenvalue weighted by Crippen LogP contribution is -2.24. The van der Waals surface area contributed by atoms with E-state index in [9.17, 15) is 14.4 Å². The predicted molar refractivity (Wildman–Crippen MR) is 117 cm³/mol. The third-order valence-electron chi connectivity index (χ3n) is 4.68. The molecule has 7 nitrogen and oxygen atoms in total.